The van der Waals surface area contributed by atoms with Crippen molar-refractivity contribution < 1.29 is 14.1 Å². The van der Waals surface area contributed by atoms with E-state index in [0.717, 1.165) is 5.56 Å². The van der Waals surface area contributed by atoms with Gasteiger partial charge in [-0.2, -0.15) is 0 Å². The fourth-order valence-corrected chi connectivity index (χ4v) is 2.79. The molecule has 0 radical (unpaired) electrons. The van der Waals surface area contributed by atoms with Gasteiger partial charge in [-0.3, -0.25) is 9.69 Å². The van der Waals surface area contributed by atoms with Crippen LogP contribution in [0.5, 0.6) is 0 Å². The zero-order valence-electron chi connectivity index (χ0n) is 12.5. The number of benzene rings is 1. The van der Waals surface area contributed by atoms with Gasteiger partial charge in [0, 0.05) is 6.07 Å². The highest BCUT2D eigenvalue weighted by Crippen LogP contribution is 2.32. The number of hydrogen-bond donors (Lipinski definition) is 1. The van der Waals surface area contributed by atoms with Crippen molar-refractivity contribution in [2.45, 2.75) is 32.4 Å². The standard InChI is InChI=1S/C16H17N3O3/c1-3-16(12-7-5-4-6-8-12)14(20)19(15(21)17-16)10-13-9-11(2)22-18-13/h4-9H,3,10H2,1-2H3,(H,17,21)/t16-/m1/s1. The molecular formula is C16H17N3O3. The number of aryl methyl sites for hydroxylation is 1. The molecule has 0 unspecified atom stereocenters. The predicted molar refractivity (Wildman–Crippen MR) is 78.7 cm³/mol. The van der Waals surface area contributed by atoms with E-state index in [4.69, 9.17) is 4.52 Å². The number of aromatic nitrogens is 1. The SMILES string of the molecule is CC[C@]1(c2ccccc2)NC(=O)N(Cc2cc(C)on2)C1=O. The van der Waals surface area contributed by atoms with Gasteiger partial charge in [0.05, 0.1) is 6.54 Å². The Morgan fingerprint density at radius 2 is 2.00 bits per heavy atom. The average Bonchev–Trinajstić information content (AvgIpc) is 3.05. The van der Waals surface area contributed by atoms with Crippen LogP contribution in [-0.4, -0.2) is 22.0 Å². The molecule has 2 heterocycles. The van der Waals surface area contributed by atoms with Gasteiger partial charge in [0.2, 0.25) is 0 Å². The molecule has 1 aliphatic rings. The summed E-state index contributed by atoms with van der Waals surface area (Å²) in [4.78, 5) is 26.3. The van der Waals surface area contributed by atoms with Crippen molar-refractivity contribution in [1.82, 2.24) is 15.4 Å². The lowest BCUT2D eigenvalue weighted by molar-refractivity contribution is -0.132. The molecule has 1 saturated heterocycles. The van der Waals surface area contributed by atoms with Crippen LogP contribution in [0.4, 0.5) is 4.79 Å². The van der Waals surface area contributed by atoms with Gasteiger partial charge in [-0.05, 0) is 18.9 Å². The van der Waals surface area contributed by atoms with Crippen LogP contribution in [0.2, 0.25) is 0 Å². The maximum absolute atomic E-state index is 12.9. The number of rotatable bonds is 4. The van der Waals surface area contributed by atoms with Crippen LogP contribution in [0.1, 0.15) is 30.4 Å². The van der Waals surface area contributed by atoms with E-state index in [1.165, 1.54) is 4.90 Å². The molecule has 2 aromatic rings. The molecule has 1 fully saturated rings. The largest absolute Gasteiger partial charge is 0.361 e. The maximum Gasteiger partial charge on any atom is 0.325 e. The van der Waals surface area contributed by atoms with Gasteiger partial charge < -0.3 is 9.84 Å². The second-order valence-electron chi connectivity index (χ2n) is 5.38. The number of nitrogens with zero attached hydrogens (tertiary/aromatic N) is 2. The highest BCUT2D eigenvalue weighted by Gasteiger charge is 2.51. The van der Waals surface area contributed by atoms with Gasteiger partial charge in [0.25, 0.3) is 5.91 Å². The van der Waals surface area contributed by atoms with Crippen LogP contribution in [0.3, 0.4) is 0 Å². The highest BCUT2D eigenvalue weighted by atomic mass is 16.5. The molecular weight excluding hydrogens is 282 g/mol. The number of imide groups is 1. The molecule has 0 aliphatic carbocycles. The third kappa shape index (κ3) is 2.16. The van der Waals surface area contributed by atoms with Crippen LogP contribution >= 0.6 is 0 Å². The lowest BCUT2D eigenvalue weighted by atomic mass is 9.87. The second-order valence-corrected chi connectivity index (χ2v) is 5.38. The Morgan fingerprint density at radius 1 is 1.27 bits per heavy atom. The van der Waals surface area contributed by atoms with E-state index < -0.39 is 11.6 Å². The Labute approximate surface area is 128 Å². The zero-order chi connectivity index (χ0) is 15.7. The maximum atomic E-state index is 12.9. The Hall–Kier alpha value is -2.63. The molecule has 1 aromatic carbocycles. The number of amides is 3. The van der Waals surface area contributed by atoms with Crippen molar-refractivity contribution >= 4 is 11.9 Å². The first kappa shape index (κ1) is 14.3. The molecule has 0 saturated carbocycles. The van der Waals surface area contributed by atoms with Crippen LogP contribution in [0.15, 0.2) is 40.9 Å². The second kappa shape index (κ2) is 5.29. The fourth-order valence-electron chi connectivity index (χ4n) is 2.79. The van der Waals surface area contributed by atoms with E-state index in [0.29, 0.717) is 17.9 Å². The van der Waals surface area contributed by atoms with Crippen molar-refractivity contribution in [2.75, 3.05) is 0 Å². The normalized spacial score (nSPS) is 21.3. The number of urea groups is 1. The molecule has 1 aromatic heterocycles. The lowest BCUT2D eigenvalue weighted by Gasteiger charge is -2.25. The van der Waals surface area contributed by atoms with Crippen molar-refractivity contribution in [3.63, 3.8) is 0 Å². The lowest BCUT2D eigenvalue weighted by Crippen LogP contribution is -2.43. The van der Waals surface area contributed by atoms with Crippen LogP contribution < -0.4 is 5.32 Å². The molecule has 3 rings (SSSR count). The van der Waals surface area contributed by atoms with Gasteiger partial charge >= 0.3 is 6.03 Å². The minimum absolute atomic E-state index is 0.108. The predicted octanol–water partition coefficient (Wildman–Crippen LogP) is 2.34. The first-order valence-corrected chi connectivity index (χ1v) is 7.18. The van der Waals surface area contributed by atoms with Crippen molar-refractivity contribution in [1.29, 1.82) is 0 Å². The first-order chi connectivity index (χ1) is 10.6. The third-order valence-corrected chi connectivity index (χ3v) is 3.97. The minimum Gasteiger partial charge on any atom is -0.361 e. The van der Waals surface area contributed by atoms with Crippen LogP contribution in [0.25, 0.3) is 0 Å². The van der Waals surface area contributed by atoms with E-state index in [-0.39, 0.29) is 12.5 Å². The summed E-state index contributed by atoms with van der Waals surface area (Å²) in [5, 5.41) is 6.68. The molecule has 0 spiro atoms. The summed E-state index contributed by atoms with van der Waals surface area (Å²) in [5.41, 5.74) is 0.340. The smallest absolute Gasteiger partial charge is 0.325 e. The van der Waals surface area contributed by atoms with E-state index in [2.05, 4.69) is 10.5 Å². The molecule has 3 amide bonds. The van der Waals surface area contributed by atoms with Crippen molar-refractivity contribution in [3.05, 3.63) is 53.4 Å². The Kier molecular flexibility index (Phi) is 3.44. The summed E-state index contributed by atoms with van der Waals surface area (Å²) >= 11 is 0. The van der Waals surface area contributed by atoms with E-state index in [9.17, 15) is 9.59 Å². The van der Waals surface area contributed by atoms with Gasteiger partial charge in [-0.15, -0.1) is 0 Å². The van der Waals surface area contributed by atoms with E-state index in [1.54, 1.807) is 13.0 Å². The molecule has 114 valence electrons. The molecule has 1 aliphatic heterocycles. The zero-order valence-corrected chi connectivity index (χ0v) is 12.5. The summed E-state index contributed by atoms with van der Waals surface area (Å²) < 4.78 is 4.99. The number of hydrogen-bond acceptors (Lipinski definition) is 4. The van der Waals surface area contributed by atoms with Gasteiger partial charge in [-0.1, -0.05) is 42.4 Å². The molecule has 22 heavy (non-hydrogen) atoms. The van der Waals surface area contributed by atoms with Crippen LogP contribution in [-0.2, 0) is 16.9 Å². The summed E-state index contributed by atoms with van der Waals surface area (Å²) in [6.45, 7) is 3.76. The number of carbonyl (C=O) groups excluding carboxylic acids is 2. The molecule has 0 bridgehead atoms. The minimum atomic E-state index is -1.00. The first-order valence-electron chi connectivity index (χ1n) is 7.18. The summed E-state index contributed by atoms with van der Waals surface area (Å²) in [6, 6.07) is 10.6. The summed E-state index contributed by atoms with van der Waals surface area (Å²) in [7, 11) is 0. The monoisotopic (exact) mass is 299 g/mol. The third-order valence-electron chi connectivity index (χ3n) is 3.97. The fraction of sp³-hybridized carbons (Fsp3) is 0.312. The van der Waals surface area contributed by atoms with Gasteiger partial charge in [0.1, 0.15) is 17.0 Å². The topological polar surface area (TPSA) is 75.4 Å². The Morgan fingerprint density at radius 3 is 2.59 bits per heavy atom. The Bertz CT molecular complexity index is 710. The Balaban J connectivity index is 1.93. The van der Waals surface area contributed by atoms with Gasteiger partial charge in [0.15, 0.2) is 0 Å². The van der Waals surface area contributed by atoms with Gasteiger partial charge in [-0.25, -0.2) is 4.79 Å². The summed E-state index contributed by atoms with van der Waals surface area (Å²) in [5.74, 6) is 0.388. The quantitative estimate of drug-likeness (QED) is 0.879. The molecule has 6 heteroatoms. The van der Waals surface area contributed by atoms with Crippen molar-refractivity contribution in [2.24, 2.45) is 0 Å². The van der Waals surface area contributed by atoms with Crippen molar-refractivity contribution in [3.8, 4) is 0 Å². The molecule has 1 N–H and O–H groups in total. The number of carbonyl (C=O) groups is 2. The average molecular weight is 299 g/mol. The van der Waals surface area contributed by atoms with E-state index >= 15 is 0 Å². The molecule has 6 nitrogen and oxygen atoms in total. The van der Waals surface area contributed by atoms with E-state index in [1.807, 2.05) is 37.3 Å². The highest BCUT2D eigenvalue weighted by molar-refractivity contribution is 6.07. The van der Waals surface area contributed by atoms with Crippen LogP contribution in [0, 0.1) is 6.92 Å². The number of nitrogens with one attached hydrogen (secondary N) is 1. The molecule has 1 atom stereocenters. The summed E-state index contributed by atoms with van der Waals surface area (Å²) in [6.07, 6.45) is 0.482.